The molecule has 0 aromatic heterocycles. The number of thioether (sulfide) groups is 1. The van der Waals surface area contributed by atoms with Crippen LogP contribution in [0.3, 0.4) is 0 Å². The third-order valence-corrected chi connectivity index (χ3v) is 6.51. The van der Waals surface area contributed by atoms with Gasteiger partial charge in [0.15, 0.2) is 6.61 Å². The maximum Gasteiger partial charge on any atom is 0.341 e. The van der Waals surface area contributed by atoms with Crippen molar-refractivity contribution in [2.24, 2.45) is 0 Å². The lowest BCUT2D eigenvalue weighted by Crippen LogP contribution is -2.09. The first-order chi connectivity index (χ1) is 14.0. The minimum Gasteiger partial charge on any atom is -0.482 e. The summed E-state index contributed by atoms with van der Waals surface area (Å²) in [6.45, 7) is -0.342. The van der Waals surface area contributed by atoms with Gasteiger partial charge in [0.2, 0.25) is 0 Å². The molecule has 0 amide bonds. The molecule has 1 N–H and O–H groups in total. The fraction of sp³-hybridized carbons (Fsp3) is 0.0870. The van der Waals surface area contributed by atoms with Gasteiger partial charge in [0.05, 0.1) is 0 Å². The quantitative estimate of drug-likeness (QED) is 0.259. The summed E-state index contributed by atoms with van der Waals surface area (Å²) in [5, 5.41) is 9.44. The number of hydrogen-bond acceptors (Lipinski definition) is 3. The topological polar surface area (TPSA) is 46.5 Å². The molecule has 3 aromatic rings. The molecule has 0 unspecified atom stereocenters. The van der Waals surface area contributed by atoms with Crippen LogP contribution in [0.5, 0.6) is 5.75 Å². The number of ether oxygens (including phenoxy) is 1. The summed E-state index contributed by atoms with van der Waals surface area (Å²) >= 11 is 10.2. The molecule has 0 aliphatic carbocycles. The number of carboxylic acids is 1. The molecule has 148 valence electrons. The lowest BCUT2D eigenvalue weighted by atomic mass is 9.98. The molecular weight excluding hydrogens is 519 g/mol. The molecule has 0 atom stereocenters. The zero-order valence-electron chi connectivity index (χ0n) is 15.3. The van der Waals surface area contributed by atoms with E-state index < -0.39 is 5.97 Å². The van der Waals surface area contributed by atoms with E-state index in [9.17, 15) is 4.79 Å². The highest BCUT2D eigenvalue weighted by Crippen LogP contribution is 2.31. The number of aliphatic carboxylic acids is 1. The Morgan fingerprint density at radius 3 is 2.48 bits per heavy atom. The lowest BCUT2D eigenvalue weighted by Gasteiger charge is -2.10. The Kier molecular flexibility index (Phi) is 8.03. The summed E-state index contributed by atoms with van der Waals surface area (Å²) in [6.07, 6.45) is 2.20. The Bertz CT molecular complexity index is 1020. The Labute approximate surface area is 192 Å². The molecule has 3 aromatic carbocycles. The van der Waals surface area contributed by atoms with E-state index in [1.807, 2.05) is 48.5 Å². The van der Waals surface area contributed by atoms with Crippen molar-refractivity contribution in [1.82, 2.24) is 0 Å². The minimum atomic E-state index is -0.988. The van der Waals surface area contributed by atoms with Gasteiger partial charge in [0.25, 0.3) is 0 Å². The van der Waals surface area contributed by atoms with E-state index in [2.05, 4.69) is 46.9 Å². The third-order valence-electron chi connectivity index (χ3n) is 4.01. The Morgan fingerprint density at radius 1 is 1.03 bits per heavy atom. The van der Waals surface area contributed by atoms with E-state index >= 15 is 0 Å². The summed E-state index contributed by atoms with van der Waals surface area (Å²) in [5.41, 5.74) is 3.36. The molecule has 0 bridgehead atoms. The van der Waals surface area contributed by atoms with Gasteiger partial charge in [0, 0.05) is 19.2 Å². The van der Waals surface area contributed by atoms with Gasteiger partial charge in [-0.15, -0.1) is 11.8 Å². The van der Waals surface area contributed by atoms with Gasteiger partial charge < -0.3 is 9.84 Å². The van der Waals surface area contributed by atoms with Gasteiger partial charge in [-0.25, -0.2) is 4.79 Å². The molecule has 0 aliphatic rings. The molecule has 29 heavy (non-hydrogen) atoms. The molecule has 0 radical (unpaired) electrons. The van der Waals surface area contributed by atoms with Gasteiger partial charge >= 0.3 is 5.97 Å². The van der Waals surface area contributed by atoms with Crippen molar-refractivity contribution in [3.63, 3.8) is 0 Å². The van der Waals surface area contributed by atoms with Crippen molar-refractivity contribution in [3.05, 3.63) is 98.6 Å². The standard InChI is InChI=1S/C23H18ClIO3S/c24-18-8-4-7-17(13-18)20(16-5-2-1-3-6-16)11-12-29-22-10-9-19(14-21(22)25)28-15-23(26)27/h1-11,13-14H,12,15H2,(H,26,27)/b20-11-. The van der Waals surface area contributed by atoms with Crippen molar-refractivity contribution in [2.45, 2.75) is 4.90 Å². The Hall–Kier alpha value is -1.96. The van der Waals surface area contributed by atoms with Crippen molar-refractivity contribution < 1.29 is 14.6 Å². The summed E-state index contributed by atoms with van der Waals surface area (Å²) in [4.78, 5) is 11.8. The van der Waals surface area contributed by atoms with Crippen LogP contribution in [0.4, 0.5) is 0 Å². The second-order valence-electron chi connectivity index (χ2n) is 6.08. The molecule has 0 heterocycles. The Morgan fingerprint density at radius 2 is 1.79 bits per heavy atom. The van der Waals surface area contributed by atoms with Gasteiger partial charge in [0.1, 0.15) is 5.75 Å². The number of benzene rings is 3. The fourth-order valence-corrected chi connectivity index (χ4v) is 4.66. The largest absolute Gasteiger partial charge is 0.482 e. The molecule has 6 heteroatoms. The van der Waals surface area contributed by atoms with Crippen LogP contribution in [0, 0.1) is 3.57 Å². The van der Waals surface area contributed by atoms with E-state index in [1.54, 1.807) is 17.8 Å². The van der Waals surface area contributed by atoms with Crippen molar-refractivity contribution in [1.29, 1.82) is 0 Å². The van der Waals surface area contributed by atoms with Crippen LogP contribution in [0.1, 0.15) is 11.1 Å². The minimum absolute atomic E-state index is 0.342. The third kappa shape index (κ3) is 6.52. The lowest BCUT2D eigenvalue weighted by molar-refractivity contribution is -0.139. The average molecular weight is 537 g/mol. The van der Waals surface area contributed by atoms with Crippen molar-refractivity contribution >= 4 is 57.5 Å². The average Bonchev–Trinajstić information content (AvgIpc) is 2.71. The van der Waals surface area contributed by atoms with Crippen LogP contribution in [0.2, 0.25) is 5.02 Å². The van der Waals surface area contributed by atoms with Gasteiger partial charge in [-0.05, 0) is 69.6 Å². The number of carbonyl (C=O) groups is 1. The first kappa shape index (κ1) is 21.7. The molecule has 0 saturated carbocycles. The highest BCUT2D eigenvalue weighted by Gasteiger charge is 2.07. The molecule has 0 spiro atoms. The van der Waals surface area contributed by atoms with Crippen LogP contribution in [-0.2, 0) is 4.79 Å². The zero-order valence-corrected chi connectivity index (χ0v) is 19.1. The maximum absolute atomic E-state index is 10.6. The summed E-state index contributed by atoms with van der Waals surface area (Å²) in [5.74, 6) is 0.348. The molecule has 0 aliphatic heterocycles. The van der Waals surface area contributed by atoms with Crippen LogP contribution in [0.25, 0.3) is 5.57 Å². The summed E-state index contributed by atoms with van der Waals surface area (Å²) < 4.78 is 6.26. The van der Waals surface area contributed by atoms with Gasteiger partial charge in [-0.3, -0.25) is 0 Å². The molecular formula is C23H18ClIO3S. The Balaban J connectivity index is 1.77. The van der Waals surface area contributed by atoms with Gasteiger partial charge in [-0.1, -0.05) is 60.1 Å². The highest BCUT2D eigenvalue weighted by atomic mass is 127. The van der Waals surface area contributed by atoms with E-state index in [1.165, 1.54) is 0 Å². The predicted molar refractivity (Wildman–Crippen MR) is 128 cm³/mol. The van der Waals surface area contributed by atoms with Crippen molar-refractivity contribution in [2.75, 3.05) is 12.4 Å². The SMILES string of the molecule is O=C(O)COc1ccc(SC/C=C(/c2ccccc2)c2cccc(Cl)c2)c(I)c1. The zero-order chi connectivity index (χ0) is 20.6. The van der Waals surface area contributed by atoms with Crippen LogP contribution in [-0.4, -0.2) is 23.4 Å². The van der Waals surface area contributed by atoms with Crippen molar-refractivity contribution in [3.8, 4) is 5.75 Å². The summed E-state index contributed by atoms with van der Waals surface area (Å²) in [6, 6.07) is 23.7. The molecule has 0 fully saturated rings. The first-order valence-corrected chi connectivity index (χ1v) is 11.3. The number of hydrogen-bond donors (Lipinski definition) is 1. The van der Waals surface area contributed by atoms with Gasteiger partial charge in [-0.2, -0.15) is 0 Å². The monoisotopic (exact) mass is 536 g/mol. The molecule has 3 nitrogen and oxygen atoms in total. The van der Waals surface area contributed by atoms with E-state index in [-0.39, 0.29) is 6.61 Å². The number of rotatable bonds is 8. The van der Waals surface area contributed by atoms with Crippen LogP contribution >= 0.6 is 46.0 Å². The van der Waals surface area contributed by atoms with E-state index in [0.29, 0.717) is 10.8 Å². The van der Waals surface area contributed by atoms with Crippen LogP contribution < -0.4 is 4.74 Å². The second kappa shape index (κ2) is 10.7. The molecule has 3 rings (SSSR count). The predicted octanol–water partition coefficient (Wildman–Crippen LogP) is 6.63. The normalized spacial score (nSPS) is 11.3. The summed E-state index contributed by atoms with van der Waals surface area (Å²) in [7, 11) is 0. The van der Waals surface area contributed by atoms with Crippen LogP contribution in [0.15, 0.2) is 83.8 Å². The first-order valence-electron chi connectivity index (χ1n) is 8.81. The van der Waals surface area contributed by atoms with E-state index in [0.717, 1.165) is 30.9 Å². The highest BCUT2D eigenvalue weighted by molar-refractivity contribution is 14.1. The smallest absolute Gasteiger partial charge is 0.341 e. The number of halogens is 2. The molecule has 0 saturated heterocycles. The fourth-order valence-electron chi connectivity index (χ4n) is 2.72. The maximum atomic E-state index is 10.6. The second-order valence-corrected chi connectivity index (χ2v) is 8.74. The van der Waals surface area contributed by atoms with E-state index in [4.69, 9.17) is 21.4 Å². The number of carboxylic acid groups (broad SMARTS) is 1.